The van der Waals surface area contributed by atoms with Gasteiger partial charge in [-0.25, -0.2) is 8.42 Å². The summed E-state index contributed by atoms with van der Waals surface area (Å²) in [6, 6.07) is 1.59. The topological polar surface area (TPSA) is 54.5 Å². The van der Waals surface area contributed by atoms with Crippen LogP contribution in [0.2, 0.25) is 0 Å². The number of hydrogen-bond donors (Lipinski definition) is 0. The Morgan fingerprint density at radius 3 is 2.60 bits per heavy atom. The second-order valence-corrected chi connectivity index (χ2v) is 9.25. The number of aryl methyl sites for hydroxylation is 1. The molecule has 1 aromatic rings. The van der Waals surface area contributed by atoms with Crippen molar-refractivity contribution in [2.24, 2.45) is 5.92 Å². The molecule has 20 heavy (non-hydrogen) atoms. The van der Waals surface area contributed by atoms with Gasteiger partial charge in [-0.15, -0.1) is 11.3 Å². The fourth-order valence-electron chi connectivity index (χ4n) is 2.53. The largest absolute Gasteiger partial charge is 0.335 e. The van der Waals surface area contributed by atoms with E-state index in [1.54, 1.807) is 6.92 Å². The zero-order chi connectivity index (χ0) is 15.1. The summed E-state index contributed by atoms with van der Waals surface area (Å²) in [6.07, 6.45) is 2.10. The maximum Gasteiger partial charge on any atom is 0.264 e. The van der Waals surface area contributed by atoms with Crippen molar-refractivity contribution >= 4 is 37.0 Å². The summed E-state index contributed by atoms with van der Waals surface area (Å²) in [4.78, 5) is 15.4. The molecule has 1 aromatic heterocycles. The summed E-state index contributed by atoms with van der Waals surface area (Å²) in [7, 11) is 1.58. The number of hydrogen-bond acceptors (Lipinski definition) is 4. The number of carbonyl (C=O) groups excluding carboxylic acids is 1. The van der Waals surface area contributed by atoms with Crippen molar-refractivity contribution < 1.29 is 13.2 Å². The Labute approximate surface area is 128 Å². The third-order valence-corrected chi connectivity index (χ3v) is 6.34. The van der Waals surface area contributed by atoms with E-state index in [0.717, 1.165) is 19.4 Å². The molecule has 1 amide bonds. The number of halogens is 1. The Morgan fingerprint density at radius 2 is 2.05 bits per heavy atom. The van der Waals surface area contributed by atoms with E-state index >= 15 is 0 Å². The Balaban J connectivity index is 2.30. The van der Waals surface area contributed by atoms with Crippen LogP contribution in [-0.2, 0) is 9.05 Å². The molecule has 7 heteroatoms. The third-order valence-electron chi connectivity index (χ3n) is 3.72. The normalized spacial score (nSPS) is 23.9. The number of thiophene rings is 1. The summed E-state index contributed by atoms with van der Waals surface area (Å²) < 4.78 is 22.9. The number of carbonyl (C=O) groups is 1. The Hall–Kier alpha value is -0.590. The van der Waals surface area contributed by atoms with E-state index in [1.807, 2.05) is 11.8 Å². The monoisotopic (exact) mass is 335 g/mol. The quantitative estimate of drug-likeness (QED) is 0.779. The highest BCUT2D eigenvalue weighted by atomic mass is 35.7. The van der Waals surface area contributed by atoms with Crippen LogP contribution in [0.15, 0.2) is 11.0 Å². The molecule has 0 aromatic carbocycles. The molecule has 4 nitrogen and oxygen atoms in total. The molecule has 0 aliphatic carbocycles. The van der Waals surface area contributed by atoms with Gasteiger partial charge >= 0.3 is 0 Å². The molecule has 0 radical (unpaired) electrons. The Morgan fingerprint density at radius 1 is 1.40 bits per heavy atom. The van der Waals surface area contributed by atoms with Crippen molar-refractivity contribution in [2.75, 3.05) is 6.54 Å². The average Bonchev–Trinajstić information content (AvgIpc) is 2.73. The summed E-state index contributed by atoms with van der Waals surface area (Å²) in [5, 5.41) is 0. The second-order valence-electron chi connectivity index (χ2n) is 5.46. The van der Waals surface area contributed by atoms with E-state index in [4.69, 9.17) is 10.7 Å². The molecule has 2 atom stereocenters. The maximum absolute atomic E-state index is 12.5. The molecule has 0 bridgehead atoms. The van der Waals surface area contributed by atoms with Crippen LogP contribution in [0.3, 0.4) is 0 Å². The van der Waals surface area contributed by atoms with Gasteiger partial charge in [0.05, 0.1) is 9.77 Å². The molecule has 2 rings (SSSR count). The molecule has 2 heterocycles. The molecule has 0 saturated carbocycles. The molecule has 0 N–H and O–H groups in total. The predicted molar refractivity (Wildman–Crippen MR) is 81.0 cm³/mol. The van der Waals surface area contributed by atoms with Gasteiger partial charge in [-0.05, 0) is 38.7 Å². The second kappa shape index (κ2) is 5.66. The zero-order valence-corrected chi connectivity index (χ0v) is 14.1. The average molecular weight is 336 g/mol. The van der Waals surface area contributed by atoms with Crippen molar-refractivity contribution in [3.8, 4) is 0 Å². The first-order chi connectivity index (χ1) is 9.20. The number of piperidine rings is 1. The van der Waals surface area contributed by atoms with Crippen LogP contribution in [0.4, 0.5) is 0 Å². The summed E-state index contributed by atoms with van der Waals surface area (Å²) in [5.74, 6) is 0.385. The van der Waals surface area contributed by atoms with E-state index in [1.165, 1.54) is 17.4 Å². The van der Waals surface area contributed by atoms with Crippen LogP contribution in [0.5, 0.6) is 0 Å². The van der Waals surface area contributed by atoms with Gasteiger partial charge in [0.1, 0.15) is 0 Å². The Bertz CT molecular complexity index is 624. The highest BCUT2D eigenvalue weighted by molar-refractivity contribution is 8.13. The minimum atomic E-state index is -3.79. The molecule has 1 aliphatic rings. The van der Waals surface area contributed by atoms with Crippen molar-refractivity contribution in [1.29, 1.82) is 0 Å². The van der Waals surface area contributed by atoms with E-state index in [9.17, 15) is 13.2 Å². The van der Waals surface area contributed by atoms with E-state index < -0.39 is 9.05 Å². The van der Waals surface area contributed by atoms with E-state index in [0.29, 0.717) is 15.7 Å². The number of amides is 1. The van der Waals surface area contributed by atoms with Crippen molar-refractivity contribution in [3.05, 3.63) is 15.8 Å². The van der Waals surface area contributed by atoms with Gasteiger partial charge in [-0.1, -0.05) is 6.92 Å². The van der Waals surface area contributed by atoms with Crippen LogP contribution in [0.25, 0.3) is 0 Å². The fourth-order valence-corrected chi connectivity index (χ4v) is 5.15. The molecule has 112 valence electrons. The smallest absolute Gasteiger partial charge is 0.264 e. The molecule has 0 spiro atoms. The summed E-state index contributed by atoms with van der Waals surface area (Å²) in [6.45, 7) is 6.54. The van der Waals surface area contributed by atoms with Crippen LogP contribution in [0, 0.1) is 12.8 Å². The first-order valence-electron chi connectivity index (χ1n) is 6.56. The first kappa shape index (κ1) is 15.8. The lowest BCUT2D eigenvalue weighted by Gasteiger charge is -2.36. The predicted octanol–water partition coefficient (Wildman–Crippen LogP) is 3.24. The van der Waals surface area contributed by atoms with Crippen LogP contribution >= 0.6 is 22.0 Å². The first-order valence-corrected chi connectivity index (χ1v) is 9.68. The van der Waals surface area contributed by atoms with Crippen molar-refractivity contribution in [2.45, 2.75) is 44.6 Å². The van der Waals surface area contributed by atoms with Gasteiger partial charge in [0.2, 0.25) is 0 Å². The van der Waals surface area contributed by atoms with Crippen LogP contribution in [0.1, 0.15) is 41.2 Å². The lowest BCUT2D eigenvalue weighted by atomic mass is 9.95. The van der Waals surface area contributed by atoms with Gasteiger partial charge in [-0.2, -0.15) is 0 Å². The summed E-state index contributed by atoms with van der Waals surface area (Å²) >= 11 is 1.19. The Kier molecular flexibility index (Phi) is 4.47. The standard InChI is InChI=1S/C13H18ClNO3S2/c1-8-4-5-9(2)15(7-8)13(16)11-6-12(10(3)19-11)20(14,17)18/h6,8-9H,4-5,7H2,1-3H3. The fraction of sp³-hybridized carbons (Fsp3) is 0.615. The lowest BCUT2D eigenvalue weighted by molar-refractivity contribution is 0.0579. The minimum Gasteiger partial charge on any atom is -0.335 e. The molecular weight excluding hydrogens is 318 g/mol. The highest BCUT2D eigenvalue weighted by Gasteiger charge is 2.30. The van der Waals surface area contributed by atoms with Crippen LogP contribution in [-0.4, -0.2) is 31.8 Å². The van der Waals surface area contributed by atoms with Gasteiger partial charge < -0.3 is 4.90 Å². The van der Waals surface area contributed by atoms with E-state index in [2.05, 4.69) is 6.92 Å². The summed E-state index contributed by atoms with van der Waals surface area (Å²) in [5.41, 5.74) is 0. The molecule has 1 aliphatic heterocycles. The number of rotatable bonds is 2. The van der Waals surface area contributed by atoms with Gasteiger partial charge in [0, 0.05) is 28.1 Å². The highest BCUT2D eigenvalue weighted by Crippen LogP contribution is 2.31. The molecule has 2 unspecified atom stereocenters. The van der Waals surface area contributed by atoms with E-state index in [-0.39, 0.29) is 16.8 Å². The molecule has 1 saturated heterocycles. The molecular formula is C13H18ClNO3S2. The SMILES string of the molecule is Cc1sc(C(=O)N2CC(C)CCC2C)cc1S(=O)(=O)Cl. The van der Waals surface area contributed by atoms with Gasteiger partial charge in [0.15, 0.2) is 0 Å². The lowest BCUT2D eigenvalue weighted by Crippen LogP contribution is -2.44. The van der Waals surface area contributed by atoms with Crippen LogP contribution < -0.4 is 0 Å². The number of likely N-dealkylation sites (tertiary alicyclic amines) is 1. The molecule has 1 fully saturated rings. The van der Waals surface area contributed by atoms with Crippen molar-refractivity contribution in [1.82, 2.24) is 4.90 Å². The number of nitrogens with zero attached hydrogens (tertiary/aromatic N) is 1. The zero-order valence-electron chi connectivity index (χ0n) is 11.7. The van der Waals surface area contributed by atoms with Gasteiger partial charge in [-0.3, -0.25) is 4.79 Å². The van der Waals surface area contributed by atoms with Crippen molar-refractivity contribution in [3.63, 3.8) is 0 Å². The third kappa shape index (κ3) is 3.18. The van der Waals surface area contributed by atoms with Gasteiger partial charge in [0.25, 0.3) is 15.0 Å². The maximum atomic E-state index is 12.5. The minimum absolute atomic E-state index is 0.0465.